The van der Waals surface area contributed by atoms with Gasteiger partial charge in [0.1, 0.15) is 5.82 Å². The number of hydrogen-bond donors (Lipinski definition) is 0. The van der Waals surface area contributed by atoms with Crippen LogP contribution in [0.1, 0.15) is 36.5 Å². The van der Waals surface area contributed by atoms with Gasteiger partial charge in [0.15, 0.2) is 0 Å². The van der Waals surface area contributed by atoms with Crippen LogP contribution >= 0.6 is 0 Å². The molecule has 1 aromatic carbocycles. The van der Waals surface area contributed by atoms with Crippen molar-refractivity contribution in [3.63, 3.8) is 0 Å². The molecule has 1 aliphatic heterocycles. The number of benzene rings is 1. The molecule has 0 aliphatic carbocycles. The highest BCUT2D eigenvalue weighted by molar-refractivity contribution is 7.89. The number of sulfonamides is 1. The first-order valence-electron chi connectivity index (χ1n) is 7.96. The highest BCUT2D eigenvalue weighted by atomic mass is 32.2. The molecule has 2 rings (SSSR count). The standard InChI is InChI=1S/C16H23FN2O3S/c1-2-3-13-23(21,22)19-10-4-9-18(11-12-19)16(20)14-5-7-15(17)8-6-14/h5-8H,2-4,9-13H2,1H3. The van der Waals surface area contributed by atoms with Crippen LogP contribution in [0.2, 0.25) is 0 Å². The maximum Gasteiger partial charge on any atom is 0.253 e. The third kappa shape index (κ3) is 4.75. The Kier molecular flexibility index (Phi) is 6.12. The summed E-state index contributed by atoms with van der Waals surface area (Å²) in [6, 6.07) is 5.43. The van der Waals surface area contributed by atoms with Gasteiger partial charge in [-0.3, -0.25) is 4.79 Å². The van der Waals surface area contributed by atoms with E-state index >= 15 is 0 Å². The number of rotatable bonds is 5. The van der Waals surface area contributed by atoms with Gasteiger partial charge in [-0.25, -0.2) is 17.1 Å². The second-order valence-electron chi connectivity index (χ2n) is 5.72. The fraction of sp³-hybridized carbons (Fsp3) is 0.562. The third-order valence-corrected chi connectivity index (χ3v) is 5.94. The maximum absolute atomic E-state index is 12.9. The van der Waals surface area contributed by atoms with Crippen LogP contribution in [0.5, 0.6) is 0 Å². The van der Waals surface area contributed by atoms with Gasteiger partial charge in [-0.2, -0.15) is 0 Å². The summed E-state index contributed by atoms with van der Waals surface area (Å²) in [6.45, 7) is 3.59. The third-order valence-electron chi connectivity index (χ3n) is 3.98. The molecule has 1 aromatic rings. The van der Waals surface area contributed by atoms with Crippen LogP contribution in [-0.4, -0.2) is 55.5 Å². The molecule has 0 unspecified atom stereocenters. The van der Waals surface area contributed by atoms with Gasteiger partial charge in [0.2, 0.25) is 10.0 Å². The van der Waals surface area contributed by atoms with Crippen LogP contribution < -0.4 is 0 Å². The molecule has 1 aliphatic rings. The van der Waals surface area contributed by atoms with Crippen molar-refractivity contribution in [1.29, 1.82) is 0 Å². The summed E-state index contributed by atoms with van der Waals surface area (Å²) in [4.78, 5) is 14.1. The first kappa shape index (κ1) is 17.9. The molecule has 0 radical (unpaired) electrons. The zero-order valence-corrected chi connectivity index (χ0v) is 14.2. The zero-order valence-electron chi connectivity index (χ0n) is 13.4. The molecule has 0 N–H and O–H groups in total. The predicted octanol–water partition coefficient (Wildman–Crippen LogP) is 2.10. The second-order valence-corrected chi connectivity index (χ2v) is 7.81. The molecule has 128 valence electrons. The van der Waals surface area contributed by atoms with Crippen molar-refractivity contribution in [1.82, 2.24) is 9.21 Å². The quantitative estimate of drug-likeness (QED) is 0.823. The molecule has 1 fully saturated rings. The van der Waals surface area contributed by atoms with Crippen molar-refractivity contribution >= 4 is 15.9 Å². The highest BCUT2D eigenvalue weighted by Crippen LogP contribution is 2.13. The van der Waals surface area contributed by atoms with Gasteiger partial charge in [0, 0.05) is 31.7 Å². The van der Waals surface area contributed by atoms with Gasteiger partial charge >= 0.3 is 0 Å². The number of halogens is 1. The number of unbranched alkanes of at least 4 members (excludes halogenated alkanes) is 1. The zero-order chi connectivity index (χ0) is 16.9. The van der Waals surface area contributed by atoms with E-state index in [1.54, 1.807) is 4.90 Å². The minimum atomic E-state index is -3.24. The topological polar surface area (TPSA) is 57.7 Å². The Bertz CT molecular complexity index is 631. The van der Waals surface area contributed by atoms with Crippen molar-refractivity contribution in [2.75, 3.05) is 31.9 Å². The van der Waals surface area contributed by atoms with Gasteiger partial charge in [-0.05, 0) is 37.1 Å². The predicted molar refractivity (Wildman–Crippen MR) is 87.2 cm³/mol. The molecule has 1 saturated heterocycles. The first-order chi connectivity index (χ1) is 10.9. The normalized spacial score (nSPS) is 17.0. The van der Waals surface area contributed by atoms with E-state index in [2.05, 4.69) is 0 Å². The summed E-state index contributed by atoms with van der Waals surface area (Å²) in [5.74, 6) is -0.404. The lowest BCUT2D eigenvalue weighted by Crippen LogP contribution is -2.38. The average molecular weight is 342 g/mol. The van der Waals surface area contributed by atoms with E-state index in [0.29, 0.717) is 44.6 Å². The van der Waals surface area contributed by atoms with Crippen molar-refractivity contribution < 1.29 is 17.6 Å². The van der Waals surface area contributed by atoms with Gasteiger partial charge in [0.05, 0.1) is 5.75 Å². The largest absolute Gasteiger partial charge is 0.337 e. The number of hydrogen-bond acceptors (Lipinski definition) is 3. The van der Waals surface area contributed by atoms with Gasteiger partial charge in [-0.15, -0.1) is 0 Å². The minimum Gasteiger partial charge on any atom is -0.337 e. The monoisotopic (exact) mass is 342 g/mol. The number of nitrogens with zero attached hydrogens (tertiary/aromatic N) is 2. The molecular formula is C16H23FN2O3S. The van der Waals surface area contributed by atoms with Gasteiger partial charge in [0.25, 0.3) is 5.91 Å². The molecule has 1 heterocycles. The van der Waals surface area contributed by atoms with E-state index < -0.39 is 10.0 Å². The Morgan fingerprint density at radius 2 is 1.83 bits per heavy atom. The fourth-order valence-electron chi connectivity index (χ4n) is 2.61. The SMILES string of the molecule is CCCCS(=O)(=O)N1CCCN(C(=O)c2ccc(F)cc2)CC1. The summed E-state index contributed by atoms with van der Waals surface area (Å²) in [5.41, 5.74) is 0.425. The van der Waals surface area contributed by atoms with E-state index in [9.17, 15) is 17.6 Å². The Morgan fingerprint density at radius 1 is 1.13 bits per heavy atom. The lowest BCUT2D eigenvalue weighted by atomic mass is 10.2. The van der Waals surface area contributed by atoms with Crippen molar-refractivity contribution in [2.24, 2.45) is 0 Å². The Balaban J connectivity index is 2.00. The summed E-state index contributed by atoms with van der Waals surface area (Å²) in [5, 5.41) is 0. The molecular weight excluding hydrogens is 319 g/mol. The van der Waals surface area contributed by atoms with Gasteiger partial charge in [-0.1, -0.05) is 13.3 Å². The van der Waals surface area contributed by atoms with E-state index in [1.807, 2.05) is 6.92 Å². The summed E-state index contributed by atoms with van der Waals surface area (Å²) >= 11 is 0. The van der Waals surface area contributed by atoms with Crippen LogP contribution in [-0.2, 0) is 10.0 Å². The average Bonchev–Trinajstić information content (AvgIpc) is 2.79. The number of carbonyl (C=O) groups excluding carboxylic acids is 1. The van der Waals surface area contributed by atoms with E-state index in [4.69, 9.17) is 0 Å². The van der Waals surface area contributed by atoms with E-state index in [-0.39, 0.29) is 17.5 Å². The van der Waals surface area contributed by atoms with Gasteiger partial charge < -0.3 is 4.90 Å². The molecule has 0 spiro atoms. The van der Waals surface area contributed by atoms with Crippen molar-refractivity contribution in [3.8, 4) is 0 Å². The molecule has 7 heteroatoms. The Labute approximate surface area is 137 Å². The fourth-order valence-corrected chi connectivity index (χ4v) is 4.28. The van der Waals surface area contributed by atoms with Crippen LogP contribution in [0.3, 0.4) is 0 Å². The van der Waals surface area contributed by atoms with Crippen LogP contribution in [0.15, 0.2) is 24.3 Å². The first-order valence-corrected chi connectivity index (χ1v) is 9.57. The molecule has 0 aromatic heterocycles. The van der Waals surface area contributed by atoms with Crippen LogP contribution in [0.25, 0.3) is 0 Å². The molecule has 0 saturated carbocycles. The van der Waals surface area contributed by atoms with Crippen LogP contribution in [0.4, 0.5) is 4.39 Å². The molecule has 5 nitrogen and oxygen atoms in total. The second kappa shape index (κ2) is 7.88. The summed E-state index contributed by atoms with van der Waals surface area (Å²) < 4.78 is 39.0. The van der Waals surface area contributed by atoms with Crippen molar-refractivity contribution in [2.45, 2.75) is 26.2 Å². The Hall–Kier alpha value is -1.47. The van der Waals surface area contributed by atoms with Crippen LogP contribution in [0, 0.1) is 5.82 Å². The summed E-state index contributed by atoms with van der Waals surface area (Å²) in [7, 11) is -3.24. The van der Waals surface area contributed by atoms with E-state index in [0.717, 1.165) is 6.42 Å². The Morgan fingerprint density at radius 3 is 2.48 bits per heavy atom. The lowest BCUT2D eigenvalue weighted by molar-refractivity contribution is 0.0764. The molecule has 1 amide bonds. The number of carbonyl (C=O) groups is 1. The number of amides is 1. The molecule has 0 atom stereocenters. The van der Waals surface area contributed by atoms with E-state index in [1.165, 1.54) is 28.6 Å². The molecule has 0 bridgehead atoms. The lowest BCUT2D eigenvalue weighted by Gasteiger charge is -2.22. The smallest absolute Gasteiger partial charge is 0.253 e. The highest BCUT2D eigenvalue weighted by Gasteiger charge is 2.26. The van der Waals surface area contributed by atoms with Crippen molar-refractivity contribution in [3.05, 3.63) is 35.6 Å². The minimum absolute atomic E-state index is 0.162. The maximum atomic E-state index is 12.9. The summed E-state index contributed by atoms with van der Waals surface area (Å²) in [6.07, 6.45) is 2.09. The molecule has 23 heavy (non-hydrogen) atoms.